The number of hydrogen-bond donors (Lipinski definition) is 0. The fraction of sp³-hybridized carbons (Fsp3) is 0.875. The molecule has 0 atom stereocenters. The minimum atomic E-state index is 0.454. The van der Waals surface area contributed by atoms with Gasteiger partial charge in [-0.1, -0.05) is 80.2 Å². The summed E-state index contributed by atoms with van der Waals surface area (Å²) in [5, 5.41) is 0. The Bertz CT molecular complexity index is 184. The van der Waals surface area contributed by atoms with Crippen LogP contribution in [-0.4, -0.2) is 24.4 Å². The first-order valence-corrected chi connectivity index (χ1v) is 9.30. The van der Waals surface area contributed by atoms with Crippen LogP contribution in [-0.2, 0) is 9.47 Å². The second-order valence-corrected chi connectivity index (χ2v) is 5.87. The van der Waals surface area contributed by atoms with Crippen molar-refractivity contribution in [3.63, 3.8) is 0 Å². The van der Waals surface area contributed by atoms with Crippen molar-refractivity contribution < 1.29 is 9.47 Å². The van der Waals surface area contributed by atoms with Crippen LogP contribution < -0.4 is 0 Å². The van der Waals surface area contributed by atoms with Crippen molar-refractivity contribution in [2.75, 3.05) is 24.4 Å². The molecule has 0 fully saturated rings. The summed E-state index contributed by atoms with van der Waals surface area (Å²) < 4.78 is 12.0. The molecule has 0 N–H and O–H groups in total. The Labute approximate surface area is 133 Å². The molecular formula is C16H31IO2. The Morgan fingerprint density at radius 1 is 0.789 bits per heavy atom. The van der Waals surface area contributed by atoms with Gasteiger partial charge in [0.05, 0.1) is 6.61 Å². The number of halogens is 1. The summed E-state index contributed by atoms with van der Waals surface area (Å²) in [5.41, 5.74) is 0. The predicted octanol–water partition coefficient (Wildman–Crippen LogP) is 5.50. The van der Waals surface area contributed by atoms with E-state index in [0.717, 1.165) is 26.1 Å². The molecule has 0 saturated carbocycles. The third kappa shape index (κ3) is 18.4. The van der Waals surface area contributed by atoms with Gasteiger partial charge in [-0.15, -0.1) is 0 Å². The maximum absolute atomic E-state index is 5.44. The molecule has 0 aromatic rings. The van der Waals surface area contributed by atoms with Crippen LogP contribution in [0.2, 0.25) is 0 Å². The van der Waals surface area contributed by atoms with Gasteiger partial charge in [0.1, 0.15) is 6.79 Å². The Morgan fingerprint density at radius 3 is 2.16 bits per heavy atom. The van der Waals surface area contributed by atoms with E-state index < -0.39 is 0 Å². The first-order valence-electron chi connectivity index (χ1n) is 7.78. The normalized spacial score (nSPS) is 11.5. The molecule has 0 spiro atoms. The largest absolute Gasteiger partial charge is 0.355 e. The van der Waals surface area contributed by atoms with Gasteiger partial charge in [0, 0.05) is 11.0 Å². The number of alkyl halides is 1. The topological polar surface area (TPSA) is 18.5 Å². The smallest absolute Gasteiger partial charge is 0.146 e. The zero-order chi connectivity index (χ0) is 14.0. The Kier molecular flexibility index (Phi) is 18.8. The van der Waals surface area contributed by atoms with E-state index in [0.29, 0.717) is 6.79 Å². The fourth-order valence-electron chi connectivity index (χ4n) is 1.79. The van der Waals surface area contributed by atoms with E-state index in [-0.39, 0.29) is 0 Å². The van der Waals surface area contributed by atoms with E-state index in [1.165, 1.54) is 49.4 Å². The monoisotopic (exact) mass is 382 g/mol. The van der Waals surface area contributed by atoms with Crippen LogP contribution in [0.15, 0.2) is 12.2 Å². The van der Waals surface area contributed by atoms with Gasteiger partial charge >= 0.3 is 0 Å². The molecule has 114 valence electrons. The SMILES string of the molecule is CCCCCCCCCOCOCCC=CCCI. The lowest BCUT2D eigenvalue weighted by Gasteiger charge is -2.05. The molecule has 3 heteroatoms. The summed E-state index contributed by atoms with van der Waals surface area (Å²) in [6.45, 7) is 4.33. The van der Waals surface area contributed by atoms with E-state index >= 15 is 0 Å². The molecule has 0 aliphatic heterocycles. The van der Waals surface area contributed by atoms with Crippen LogP contribution >= 0.6 is 22.6 Å². The molecule has 0 aromatic carbocycles. The van der Waals surface area contributed by atoms with Crippen molar-refractivity contribution in [3.8, 4) is 0 Å². The average Bonchev–Trinajstić information content (AvgIpc) is 2.43. The van der Waals surface area contributed by atoms with Gasteiger partial charge < -0.3 is 9.47 Å². The molecule has 0 unspecified atom stereocenters. The summed E-state index contributed by atoms with van der Waals surface area (Å²) >= 11 is 2.38. The molecule has 2 nitrogen and oxygen atoms in total. The number of unbranched alkanes of at least 4 members (excludes halogenated alkanes) is 6. The number of hydrogen-bond acceptors (Lipinski definition) is 2. The van der Waals surface area contributed by atoms with Crippen LogP contribution in [0.25, 0.3) is 0 Å². The number of ether oxygens (including phenoxy) is 2. The minimum absolute atomic E-state index is 0.454. The van der Waals surface area contributed by atoms with Crippen molar-refractivity contribution in [2.45, 2.75) is 64.7 Å². The zero-order valence-corrected chi connectivity index (χ0v) is 14.7. The van der Waals surface area contributed by atoms with E-state index in [9.17, 15) is 0 Å². The molecular weight excluding hydrogens is 351 g/mol. The van der Waals surface area contributed by atoms with E-state index in [1.54, 1.807) is 0 Å². The highest BCUT2D eigenvalue weighted by Gasteiger charge is 1.92. The fourth-order valence-corrected chi connectivity index (χ4v) is 2.15. The van der Waals surface area contributed by atoms with Crippen molar-refractivity contribution in [3.05, 3.63) is 12.2 Å². The van der Waals surface area contributed by atoms with E-state index in [4.69, 9.17) is 9.47 Å². The highest BCUT2D eigenvalue weighted by molar-refractivity contribution is 14.1. The molecule has 0 aliphatic rings. The van der Waals surface area contributed by atoms with Gasteiger partial charge in [-0.2, -0.15) is 0 Å². The van der Waals surface area contributed by atoms with Gasteiger partial charge in [0.15, 0.2) is 0 Å². The van der Waals surface area contributed by atoms with Crippen molar-refractivity contribution in [2.24, 2.45) is 0 Å². The third-order valence-electron chi connectivity index (χ3n) is 2.93. The van der Waals surface area contributed by atoms with E-state index in [2.05, 4.69) is 41.7 Å². The number of allylic oxidation sites excluding steroid dienone is 1. The summed E-state index contributed by atoms with van der Waals surface area (Å²) in [5.74, 6) is 0. The zero-order valence-electron chi connectivity index (χ0n) is 12.5. The van der Waals surface area contributed by atoms with Gasteiger partial charge in [-0.25, -0.2) is 0 Å². The molecule has 0 radical (unpaired) electrons. The maximum Gasteiger partial charge on any atom is 0.146 e. The van der Waals surface area contributed by atoms with Crippen molar-refractivity contribution in [1.82, 2.24) is 0 Å². The Hall–Kier alpha value is 0.390. The highest BCUT2D eigenvalue weighted by Crippen LogP contribution is 2.06. The van der Waals surface area contributed by atoms with Gasteiger partial charge in [-0.3, -0.25) is 0 Å². The third-order valence-corrected chi connectivity index (χ3v) is 3.55. The molecule has 0 amide bonds. The number of rotatable bonds is 15. The average molecular weight is 382 g/mol. The first kappa shape index (κ1) is 19.4. The lowest BCUT2D eigenvalue weighted by atomic mass is 10.1. The second-order valence-electron chi connectivity index (χ2n) is 4.79. The first-order chi connectivity index (χ1) is 9.41. The molecule has 0 aliphatic carbocycles. The summed E-state index contributed by atoms with van der Waals surface area (Å²) in [6.07, 6.45) is 15.9. The summed E-state index contributed by atoms with van der Waals surface area (Å²) in [7, 11) is 0. The lowest BCUT2D eigenvalue weighted by Crippen LogP contribution is -2.02. The van der Waals surface area contributed by atoms with Gasteiger partial charge in [0.2, 0.25) is 0 Å². The van der Waals surface area contributed by atoms with Crippen LogP contribution in [0.5, 0.6) is 0 Å². The predicted molar refractivity (Wildman–Crippen MR) is 92.0 cm³/mol. The van der Waals surface area contributed by atoms with Crippen LogP contribution in [0.3, 0.4) is 0 Å². The molecule has 0 rings (SSSR count). The van der Waals surface area contributed by atoms with Gasteiger partial charge in [-0.05, 0) is 19.3 Å². The highest BCUT2D eigenvalue weighted by atomic mass is 127. The Balaban J connectivity index is 2.95. The lowest BCUT2D eigenvalue weighted by molar-refractivity contribution is -0.0531. The van der Waals surface area contributed by atoms with Crippen LogP contribution in [0.1, 0.15) is 64.7 Å². The standard InChI is InChI=1S/C16H31IO2/c1-2-3-4-5-6-8-11-14-18-16-19-15-12-9-7-10-13-17/h7,9H,2-6,8,10-16H2,1H3. The molecule has 0 bridgehead atoms. The molecule has 0 aromatic heterocycles. The van der Waals surface area contributed by atoms with Gasteiger partial charge in [0.25, 0.3) is 0 Å². The second kappa shape index (κ2) is 18.4. The molecule has 0 heterocycles. The maximum atomic E-state index is 5.44. The summed E-state index contributed by atoms with van der Waals surface area (Å²) in [6, 6.07) is 0. The van der Waals surface area contributed by atoms with Crippen LogP contribution in [0, 0.1) is 0 Å². The molecule has 19 heavy (non-hydrogen) atoms. The molecule has 0 saturated heterocycles. The van der Waals surface area contributed by atoms with E-state index in [1.807, 2.05) is 0 Å². The quantitative estimate of drug-likeness (QED) is 0.122. The van der Waals surface area contributed by atoms with Crippen molar-refractivity contribution >= 4 is 22.6 Å². The van der Waals surface area contributed by atoms with Crippen LogP contribution in [0.4, 0.5) is 0 Å². The minimum Gasteiger partial charge on any atom is -0.355 e. The van der Waals surface area contributed by atoms with Crippen molar-refractivity contribution in [1.29, 1.82) is 0 Å². The Morgan fingerprint density at radius 2 is 1.42 bits per heavy atom. The summed E-state index contributed by atoms with van der Waals surface area (Å²) in [4.78, 5) is 0.